The van der Waals surface area contributed by atoms with Gasteiger partial charge in [-0.1, -0.05) is 40.2 Å². The van der Waals surface area contributed by atoms with Gasteiger partial charge in [-0.3, -0.25) is 4.79 Å². The Morgan fingerprint density at radius 2 is 1.84 bits per heavy atom. The van der Waals surface area contributed by atoms with Crippen LogP contribution in [0.2, 0.25) is 0 Å². The highest BCUT2D eigenvalue weighted by atomic mass is 79.9. The molecule has 2 nitrogen and oxygen atoms in total. The number of hydrogen-bond donors (Lipinski definition) is 1. The number of Topliss-reactive ketones (excluding diaryl/α,β-unsaturated/α-hetero) is 1. The summed E-state index contributed by atoms with van der Waals surface area (Å²) >= 11 is 3.38. The number of aromatic hydroxyl groups is 1. The Kier molecular flexibility index (Phi) is 2.99. The van der Waals surface area contributed by atoms with Gasteiger partial charge in [-0.15, -0.1) is 0 Å². The molecule has 94 valence electrons. The Labute approximate surface area is 119 Å². The van der Waals surface area contributed by atoms with Gasteiger partial charge in [0.05, 0.1) is 0 Å². The lowest BCUT2D eigenvalue weighted by molar-refractivity contribution is 0.104. The van der Waals surface area contributed by atoms with Crippen LogP contribution in [0.25, 0.3) is 6.08 Å². The zero-order valence-electron chi connectivity index (χ0n) is 10.1. The first-order valence-electron chi connectivity index (χ1n) is 5.97. The summed E-state index contributed by atoms with van der Waals surface area (Å²) in [5.74, 6) is 0.207. The van der Waals surface area contributed by atoms with Crippen molar-refractivity contribution in [2.24, 2.45) is 0 Å². The molecule has 1 aliphatic rings. The SMILES string of the molecule is O=C1/C(=C/c2ccc(Br)cc2)Cc2c(O)cccc21. The Hall–Kier alpha value is -1.87. The normalized spacial score (nSPS) is 15.8. The van der Waals surface area contributed by atoms with Crippen LogP contribution in [0.15, 0.2) is 52.5 Å². The van der Waals surface area contributed by atoms with E-state index in [2.05, 4.69) is 15.9 Å². The monoisotopic (exact) mass is 314 g/mol. The van der Waals surface area contributed by atoms with E-state index in [1.54, 1.807) is 18.2 Å². The first-order chi connectivity index (χ1) is 9.15. The lowest BCUT2D eigenvalue weighted by atomic mass is 10.1. The van der Waals surface area contributed by atoms with Crippen molar-refractivity contribution in [3.05, 3.63) is 69.2 Å². The molecule has 0 spiro atoms. The van der Waals surface area contributed by atoms with Gasteiger partial charge in [0.25, 0.3) is 0 Å². The number of phenolic OH excluding ortho intramolecular Hbond substituents is 1. The summed E-state index contributed by atoms with van der Waals surface area (Å²) in [7, 11) is 0. The molecular formula is C16H11BrO2. The van der Waals surface area contributed by atoms with Crippen molar-refractivity contribution in [1.29, 1.82) is 0 Å². The van der Waals surface area contributed by atoms with Gasteiger partial charge in [0.15, 0.2) is 5.78 Å². The molecule has 3 heteroatoms. The van der Waals surface area contributed by atoms with Crippen LogP contribution >= 0.6 is 15.9 Å². The fourth-order valence-electron chi connectivity index (χ4n) is 2.29. The van der Waals surface area contributed by atoms with Crippen LogP contribution < -0.4 is 0 Å². The van der Waals surface area contributed by atoms with Crippen molar-refractivity contribution in [2.45, 2.75) is 6.42 Å². The number of halogens is 1. The zero-order valence-corrected chi connectivity index (χ0v) is 11.6. The molecule has 1 aliphatic carbocycles. The van der Waals surface area contributed by atoms with Crippen molar-refractivity contribution >= 4 is 27.8 Å². The number of hydrogen-bond acceptors (Lipinski definition) is 2. The van der Waals surface area contributed by atoms with E-state index in [1.165, 1.54) is 0 Å². The maximum Gasteiger partial charge on any atom is 0.189 e. The van der Waals surface area contributed by atoms with Crippen LogP contribution in [0.5, 0.6) is 5.75 Å². The summed E-state index contributed by atoms with van der Waals surface area (Å²) in [6, 6.07) is 12.9. The Balaban J connectivity index is 2.00. The van der Waals surface area contributed by atoms with E-state index in [1.807, 2.05) is 30.3 Å². The number of ketones is 1. The largest absolute Gasteiger partial charge is 0.508 e. The van der Waals surface area contributed by atoms with E-state index < -0.39 is 0 Å². The van der Waals surface area contributed by atoms with Crippen molar-refractivity contribution < 1.29 is 9.90 Å². The molecular weight excluding hydrogens is 304 g/mol. The van der Waals surface area contributed by atoms with E-state index in [0.29, 0.717) is 12.0 Å². The summed E-state index contributed by atoms with van der Waals surface area (Å²) < 4.78 is 1.01. The highest BCUT2D eigenvalue weighted by Gasteiger charge is 2.26. The molecule has 0 unspecified atom stereocenters. The molecule has 0 radical (unpaired) electrons. The third kappa shape index (κ3) is 2.22. The molecule has 3 rings (SSSR count). The quantitative estimate of drug-likeness (QED) is 0.808. The van der Waals surface area contributed by atoms with Gasteiger partial charge in [0.2, 0.25) is 0 Å². The molecule has 0 atom stereocenters. The minimum absolute atomic E-state index is 0.00817. The highest BCUT2D eigenvalue weighted by Crippen LogP contribution is 2.33. The molecule has 0 bridgehead atoms. The second-order valence-electron chi connectivity index (χ2n) is 4.53. The third-order valence-corrected chi connectivity index (χ3v) is 3.79. The van der Waals surface area contributed by atoms with E-state index in [-0.39, 0.29) is 11.5 Å². The number of phenols is 1. The topological polar surface area (TPSA) is 37.3 Å². The number of carbonyl (C=O) groups excluding carboxylic acids is 1. The fraction of sp³-hybridized carbons (Fsp3) is 0.0625. The first kappa shape index (κ1) is 12.2. The van der Waals surface area contributed by atoms with Crippen LogP contribution in [-0.2, 0) is 6.42 Å². The summed E-state index contributed by atoms with van der Waals surface area (Å²) in [6.45, 7) is 0. The average molecular weight is 315 g/mol. The summed E-state index contributed by atoms with van der Waals surface area (Å²) in [5.41, 5.74) is 3.05. The molecule has 0 fully saturated rings. The molecule has 2 aromatic rings. The van der Waals surface area contributed by atoms with Crippen LogP contribution in [0, 0.1) is 0 Å². The van der Waals surface area contributed by atoms with Crippen molar-refractivity contribution in [3.63, 3.8) is 0 Å². The predicted molar refractivity (Wildman–Crippen MR) is 78.3 cm³/mol. The van der Waals surface area contributed by atoms with Gasteiger partial charge in [-0.2, -0.15) is 0 Å². The molecule has 0 amide bonds. The van der Waals surface area contributed by atoms with E-state index >= 15 is 0 Å². The number of benzene rings is 2. The van der Waals surface area contributed by atoms with Crippen molar-refractivity contribution in [2.75, 3.05) is 0 Å². The van der Waals surface area contributed by atoms with Crippen LogP contribution in [-0.4, -0.2) is 10.9 Å². The highest BCUT2D eigenvalue weighted by molar-refractivity contribution is 9.10. The van der Waals surface area contributed by atoms with Crippen molar-refractivity contribution in [1.82, 2.24) is 0 Å². The van der Waals surface area contributed by atoms with Gasteiger partial charge >= 0.3 is 0 Å². The summed E-state index contributed by atoms with van der Waals surface area (Å²) in [6.07, 6.45) is 2.38. The second kappa shape index (κ2) is 4.67. The van der Waals surface area contributed by atoms with Gasteiger partial charge in [0, 0.05) is 27.6 Å². The first-order valence-corrected chi connectivity index (χ1v) is 6.76. The minimum atomic E-state index is 0.00817. The van der Waals surface area contributed by atoms with Gasteiger partial charge in [-0.25, -0.2) is 0 Å². The molecule has 0 aliphatic heterocycles. The third-order valence-electron chi connectivity index (χ3n) is 3.27. The molecule has 2 aromatic carbocycles. The Morgan fingerprint density at radius 3 is 2.53 bits per heavy atom. The van der Waals surface area contributed by atoms with Crippen LogP contribution in [0.3, 0.4) is 0 Å². The maximum atomic E-state index is 12.2. The molecule has 0 aromatic heterocycles. The second-order valence-corrected chi connectivity index (χ2v) is 5.45. The predicted octanol–water partition coefficient (Wildman–Crippen LogP) is 3.98. The Morgan fingerprint density at radius 1 is 1.11 bits per heavy atom. The van der Waals surface area contributed by atoms with E-state index in [0.717, 1.165) is 21.2 Å². The molecule has 0 heterocycles. The number of allylic oxidation sites excluding steroid dienone is 1. The molecule has 0 saturated heterocycles. The van der Waals surface area contributed by atoms with Crippen LogP contribution in [0.1, 0.15) is 21.5 Å². The van der Waals surface area contributed by atoms with Gasteiger partial charge < -0.3 is 5.11 Å². The zero-order chi connectivity index (χ0) is 13.4. The molecule has 0 saturated carbocycles. The van der Waals surface area contributed by atoms with E-state index in [9.17, 15) is 9.90 Å². The molecule has 1 N–H and O–H groups in total. The number of fused-ring (bicyclic) bond motifs is 1. The summed E-state index contributed by atoms with van der Waals surface area (Å²) in [5, 5.41) is 9.78. The number of carbonyl (C=O) groups is 1. The van der Waals surface area contributed by atoms with Crippen molar-refractivity contribution in [3.8, 4) is 5.75 Å². The maximum absolute atomic E-state index is 12.2. The van der Waals surface area contributed by atoms with E-state index in [4.69, 9.17) is 0 Å². The van der Waals surface area contributed by atoms with Gasteiger partial charge in [0.1, 0.15) is 5.75 Å². The number of rotatable bonds is 1. The van der Waals surface area contributed by atoms with Crippen LogP contribution in [0.4, 0.5) is 0 Å². The smallest absolute Gasteiger partial charge is 0.189 e. The Bertz CT molecular complexity index is 684. The standard InChI is InChI=1S/C16H11BrO2/c17-12-6-4-10(5-7-12)8-11-9-14-13(16(11)19)2-1-3-15(14)18/h1-8,18H,9H2/b11-8+. The lowest BCUT2D eigenvalue weighted by Crippen LogP contribution is -1.94. The minimum Gasteiger partial charge on any atom is -0.508 e. The van der Waals surface area contributed by atoms with Gasteiger partial charge in [-0.05, 0) is 29.8 Å². The summed E-state index contributed by atoms with van der Waals surface area (Å²) in [4.78, 5) is 12.2. The average Bonchev–Trinajstić information content (AvgIpc) is 2.72. The fourth-order valence-corrected chi connectivity index (χ4v) is 2.56. The lowest BCUT2D eigenvalue weighted by Gasteiger charge is -1.98. The molecule has 19 heavy (non-hydrogen) atoms.